The van der Waals surface area contributed by atoms with E-state index in [0.29, 0.717) is 25.9 Å². The lowest BCUT2D eigenvalue weighted by atomic mass is 9.77. The van der Waals surface area contributed by atoms with Gasteiger partial charge in [0.1, 0.15) is 11.7 Å². The second-order valence-electron chi connectivity index (χ2n) is 18.1. The summed E-state index contributed by atoms with van der Waals surface area (Å²) in [6, 6.07) is 5.12. The first-order valence-electron chi connectivity index (χ1n) is 19.7. The molecule has 0 aromatic heterocycles. The van der Waals surface area contributed by atoms with Gasteiger partial charge >= 0.3 is 12.1 Å². The molecule has 1 N–H and O–H groups in total. The molecule has 0 spiro atoms. The van der Waals surface area contributed by atoms with Gasteiger partial charge in [-0.15, -0.1) is 6.58 Å². The number of Topliss-reactive ketones (excluding diaryl/α,β-unsaturated/α-hetero) is 1. The number of ether oxygens (including phenoxy) is 2. The predicted molar refractivity (Wildman–Crippen MR) is 199 cm³/mol. The highest BCUT2D eigenvalue weighted by Crippen LogP contribution is 2.57. The molecule has 0 unspecified atom stereocenters. The fourth-order valence-electron chi connectivity index (χ4n) is 9.09. The van der Waals surface area contributed by atoms with Crippen molar-refractivity contribution in [1.82, 2.24) is 14.5 Å². The highest BCUT2D eigenvalue weighted by Gasteiger charge is 2.62. The van der Waals surface area contributed by atoms with Crippen molar-refractivity contribution in [3.8, 4) is 0 Å². The second-order valence-corrected chi connectivity index (χ2v) is 20.1. The van der Waals surface area contributed by atoms with Crippen LogP contribution in [0.25, 0.3) is 0 Å². The number of fused-ring (bicyclic) bond motifs is 4. The topological polar surface area (TPSA) is 156 Å². The van der Waals surface area contributed by atoms with E-state index in [0.717, 1.165) is 49.7 Å². The summed E-state index contributed by atoms with van der Waals surface area (Å²) < 4.78 is 39.8. The molecule has 4 bridgehead atoms. The van der Waals surface area contributed by atoms with Gasteiger partial charge in [0.05, 0.1) is 35.6 Å². The smallest absolute Gasteiger partial charge is 0.410 e. The Labute approximate surface area is 318 Å². The molecule has 3 aliphatic carbocycles. The molecule has 0 radical (unpaired) electrons. The zero-order chi connectivity index (χ0) is 38.8. The molecule has 3 amide bonds. The second kappa shape index (κ2) is 14.1. The number of sulfonamides is 1. The first-order chi connectivity index (χ1) is 25.4. The van der Waals surface area contributed by atoms with Crippen molar-refractivity contribution in [3.05, 3.63) is 47.5 Å². The number of esters is 1. The van der Waals surface area contributed by atoms with Crippen LogP contribution in [0.4, 0.5) is 4.79 Å². The van der Waals surface area contributed by atoms with Crippen LogP contribution < -0.4 is 4.72 Å². The zero-order valence-electron chi connectivity index (χ0n) is 32.1. The van der Waals surface area contributed by atoms with Gasteiger partial charge in [-0.1, -0.05) is 57.9 Å². The van der Waals surface area contributed by atoms with E-state index in [1.807, 2.05) is 39.8 Å². The van der Waals surface area contributed by atoms with Crippen molar-refractivity contribution >= 4 is 39.7 Å². The van der Waals surface area contributed by atoms with Gasteiger partial charge in [0, 0.05) is 31.8 Å². The van der Waals surface area contributed by atoms with Crippen LogP contribution in [0.3, 0.4) is 0 Å². The largest absolute Gasteiger partial charge is 0.459 e. The van der Waals surface area contributed by atoms with Crippen molar-refractivity contribution in [2.24, 2.45) is 28.6 Å². The van der Waals surface area contributed by atoms with Gasteiger partial charge in [-0.3, -0.25) is 28.8 Å². The molecule has 1 saturated heterocycles. The highest BCUT2D eigenvalue weighted by molar-refractivity contribution is 7.90. The number of nitrogens with one attached hydrogen (secondary N) is 1. The minimum Gasteiger partial charge on any atom is -0.459 e. The molecule has 3 saturated carbocycles. The van der Waals surface area contributed by atoms with Crippen LogP contribution in [0.5, 0.6) is 0 Å². The number of hydrogen-bond donors (Lipinski definition) is 1. The van der Waals surface area contributed by atoms with E-state index < -0.39 is 85.3 Å². The van der Waals surface area contributed by atoms with Gasteiger partial charge in [-0.05, 0) is 79.9 Å². The third-order valence-corrected chi connectivity index (χ3v) is 14.8. The molecule has 1 aromatic rings. The number of amides is 3. The van der Waals surface area contributed by atoms with Crippen LogP contribution >= 0.6 is 0 Å². The van der Waals surface area contributed by atoms with Crippen LogP contribution in [0, 0.1) is 28.6 Å². The fraction of sp³-hybridized carbons (Fsp3) is 0.683. The summed E-state index contributed by atoms with van der Waals surface area (Å²) in [5, 5.41) is -0.616. The molecule has 1 aromatic carbocycles. The standard InChI is InChI=1S/C41H55N3O9S/c1-6-27-20-41(27,37(48)42-54(50,51)30-15-16-30)21-34(45)33-17-29-23-44(33)36(47)32(39(2,3)4)18-35(46)53-40(5)19-28(40)14-9-7-8-11-25-12-10-13-26-22-43(24-31(25)26)38(49)52-29/h6,10,12-13,27-30,32-33H,1,7-9,11,14-24H2,2-5H3,(H,42,48)/t27-,28-,29-,32-,33+,40-,41-/m1/s1. The SMILES string of the molecule is C=C[C@@H]1C[C@]1(CC(=O)[C@@H]1C[C@@H]2CN1C(=O)[C@H](C(C)(C)C)CC(=O)O[C@]1(C)C[C@H]1CCCCCc1cccc3c1CN(C3)C(=O)O2)C(=O)NS(=O)(=O)C1CC1. The molecule has 4 fully saturated rings. The quantitative estimate of drug-likeness (QED) is 0.285. The van der Waals surface area contributed by atoms with Crippen molar-refractivity contribution in [2.45, 2.75) is 141 Å². The number of benzene rings is 1. The normalized spacial score (nSPS) is 33.2. The third kappa shape index (κ3) is 7.71. The van der Waals surface area contributed by atoms with Gasteiger partial charge in [0.2, 0.25) is 21.8 Å². The monoisotopic (exact) mass is 765 g/mol. The Bertz CT molecular complexity index is 1850. The first-order valence-corrected chi connectivity index (χ1v) is 21.3. The molecule has 7 rings (SSSR count). The fourth-order valence-corrected chi connectivity index (χ4v) is 10.5. The molecule has 3 aliphatic heterocycles. The van der Waals surface area contributed by atoms with E-state index in [1.54, 1.807) is 11.0 Å². The van der Waals surface area contributed by atoms with Crippen molar-refractivity contribution in [1.29, 1.82) is 0 Å². The summed E-state index contributed by atoms with van der Waals surface area (Å²) in [6.45, 7) is 12.1. The summed E-state index contributed by atoms with van der Waals surface area (Å²) in [6.07, 6.45) is 6.67. The highest BCUT2D eigenvalue weighted by atomic mass is 32.2. The summed E-state index contributed by atoms with van der Waals surface area (Å²) in [4.78, 5) is 72.9. The Balaban J connectivity index is 1.16. The van der Waals surface area contributed by atoms with E-state index in [1.165, 1.54) is 10.5 Å². The lowest BCUT2D eigenvalue weighted by molar-refractivity contribution is -0.158. The van der Waals surface area contributed by atoms with E-state index in [9.17, 15) is 32.4 Å². The number of carbonyl (C=O) groups excluding carboxylic acids is 5. The van der Waals surface area contributed by atoms with E-state index in [2.05, 4.69) is 17.4 Å². The number of ketones is 1. The number of aryl methyl sites for hydroxylation is 1. The molecular weight excluding hydrogens is 711 g/mol. The third-order valence-electron chi connectivity index (χ3n) is 13.0. The molecule has 6 aliphatic rings. The number of rotatable bonds is 7. The predicted octanol–water partition coefficient (Wildman–Crippen LogP) is 5.36. The van der Waals surface area contributed by atoms with E-state index >= 15 is 0 Å². The van der Waals surface area contributed by atoms with Crippen molar-refractivity contribution in [2.75, 3.05) is 6.54 Å². The van der Waals surface area contributed by atoms with Crippen LogP contribution in [0.15, 0.2) is 30.9 Å². The van der Waals surface area contributed by atoms with E-state index in [-0.39, 0.29) is 38.1 Å². The lowest BCUT2D eigenvalue weighted by Gasteiger charge is -2.35. The number of carbonyl (C=O) groups is 5. The Kier molecular flexibility index (Phi) is 10.0. The van der Waals surface area contributed by atoms with Crippen LogP contribution in [-0.4, -0.2) is 77.4 Å². The summed E-state index contributed by atoms with van der Waals surface area (Å²) in [7, 11) is -3.86. The number of nitrogens with zero attached hydrogens (tertiary/aromatic N) is 2. The average molecular weight is 766 g/mol. The molecular formula is C41H55N3O9S. The summed E-state index contributed by atoms with van der Waals surface area (Å²) in [5.74, 6) is -3.05. The molecule has 7 atom stereocenters. The van der Waals surface area contributed by atoms with Gasteiger partial charge in [0.15, 0.2) is 5.78 Å². The Morgan fingerprint density at radius 3 is 2.46 bits per heavy atom. The van der Waals surface area contributed by atoms with Crippen molar-refractivity contribution in [3.63, 3.8) is 0 Å². The molecule has 13 heteroatoms. The van der Waals surface area contributed by atoms with Crippen molar-refractivity contribution < 1.29 is 41.9 Å². The Hall–Kier alpha value is -3.74. The lowest BCUT2D eigenvalue weighted by Crippen LogP contribution is -2.48. The Morgan fingerprint density at radius 2 is 1.78 bits per heavy atom. The summed E-state index contributed by atoms with van der Waals surface area (Å²) >= 11 is 0. The number of allylic oxidation sites excluding steroid dienone is 1. The van der Waals surface area contributed by atoms with Crippen LogP contribution in [-0.2, 0) is 58.2 Å². The van der Waals surface area contributed by atoms with E-state index in [4.69, 9.17) is 9.47 Å². The Morgan fingerprint density at radius 1 is 1.04 bits per heavy atom. The minimum absolute atomic E-state index is 0.0141. The summed E-state index contributed by atoms with van der Waals surface area (Å²) in [5.41, 5.74) is 0.870. The average Bonchev–Trinajstić information content (AvgIpc) is 4.05. The molecule has 3 heterocycles. The van der Waals surface area contributed by atoms with Crippen LogP contribution in [0.2, 0.25) is 0 Å². The van der Waals surface area contributed by atoms with Crippen LogP contribution in [0.1, 0.15) is 115 Å². The van der Waals surface area contributed by atoms with Gasteiger partial charge in [0.25, 0.3) is 0 Å². The van der Waals surface area contributed by atoms with Gasteiger partial charge in [-0.2, -0.15) is 0 Å². The number of hydrogen-bond acceptors (Lipinski definition) is 9. The molecule has 54 heavy (non-hydrogen) atoms. The molecule has 12 nitrogen and oxygen atoms in total. The maximum Gasteiger partial charge on any atom is 0.410 e. The maximum atomic E-state index is 14.7. The molecule has 294 valence electrons. The maximum absolute atomic E-state index is 14.7. The van der Waals surface area contributed by atoms with Gasteiger partial charge in [-0.25, -0.2) is 13.2 Å². The first kappa shape index (κ1) is 38.5. The van der Waals surface area contributed by atoms with Gasteiger partial charge < -0.3 is 14.4 Å². The zero-order valence-corrected chi connectivity index (χ0v) is 32.9. The minimum atomic E-state index is -3.86.